The third-order valence-corrected chi connectivity index (χ3v) is 5.97. The minimum absolute atomic E-state index is 0.318. The number of carbonyl (C=O) groups is 1. The summed E-state index contributed by atoms with van der Waals surface area (Å²) in [7, 11) is 1.50. The topological polar surface area (TPSA) is 96.4 Å². The Morgan fingerprint density at radius 1 is 1.19 bits per heavy atom. The highest BCUT2D eigenvalue weighted by atomic mass is 16.1. The highest BCUT2D eigenvalue weighted by molar-refractivity contribution is 5.48. The summed E-state index contributed by atoms with van der Waals surface area (Å²) in [4.78, 5) is 12.2. The molecule has 2 unspecified atom stereocenters. The molecule has 0 aromatic rings. The second kappa shape index (κ2) is 12.4. The van der Waals surface area contributed by atoms with E-state index < -0.39 is 0 Å². The lowest BCUT2D eigenvalue weighted by molar-refractivity contribution is -0.110. The Balaban J connectivity index is 0.000000338. The first-order chi connectivity index (χ1) is 13.0. The van der Waals surface area contributed by atoms with Crippen molar-refractivity contribution in [2.45, 2.75) is 89.9 Å². The third kappa shape index (κ3) is 8.62. The van der Waals surface area contributed by atoms with Gasteiger partial charge in [-0.1, -0.05) is 25.3 Å². The van der Waals surface area contributed by atoms with Crippen LogP contribution in [0, 0.1) is 5.92 Å². The zero-order chi connectivity index (χ0) is 20.3. The molecule has 2 saturated carbocycles. The van der Waals surface area contributed by atoms with Crippen LogP contribution in [-0.2, 0) is 4.79 Å². The molecule has 1 amide bonds. The van der Waals surface area contributed by atoms with Crippen LogP contribution in [-0.4, -0.2) is 49.2 Å². The summed E-state index contributed by atoms with van der Waals surface area (Å²) in [5.74, 6) is 0.937. The van der Waals surface area contributed by atoms with E-state index in [2.05, 4.69) is 48.1 Å². The van der Waals surface area contributed by atoms with E-state index in [-0.39, 0.29) is 5.66 Å². The third-order valence-electron chi connectivity index (χ3n) is 5.97. The molecule has 0 radical (unpaired) electrons. The normalized spacial score (nSPS) is 27.9. The maximum Gasteiger partial charge on any atom is 0.208 e. The number of nitrogens with one attached hydrogen (secondary N) is 2. The summed E-state index contributed by atoms with van der Waals surface area (Å²) in [5.41, 5.74) is 11.0. The van der Waals surface area contributed by atoms with E-state index in [1.165, 1.54) is 64.4 Å². The van der Waals surface area contributed by atoms with E-state index in [9.17, 15) is 4.79 Å². The molecule has 6 heteroatoms. The smallest absolute Gasteiger partial charge is 0.208 e. The summed E-state index contributed by atoms with van der Waals surface area (Å²) in [6.07, 6.45) is 13.3. The molecule has 1 aliphatic heterocycles. The molecule has 3 aliphatic rings. The van der Waals surface area contributed by atoms with Crippen molar-refractivity contribution in [1.82, 2.24) is 15.5 Å². The molecule has 2 aliphatic carbocycles. The predicted octanol–water partition coefficient (Wildman–Crippen LogP) is 2.30. The van der Waals surface area contributed by atoms with Crippen LogP contribution in [0.4, 0.5) is 0 Å². The minimum Gasteiger partial charge on any atom is -0.374 e. The van der Waals surface area contributed by atoms with Gasteiger partial charge in [0, 0.05) is 30.9 Å². The fourth-order valence-corrected chi connectivity index (χ4v) is 4.03. The van der Waals surface area contributed by atoms with Crippen molar-refractivity contribution >= 4 is 6.41 Å². The fourth-order valence-electron chi connectivity index (χ4n) is 4.03. The second-order valence-electron chi connectivity index (χ2n) is 8.16. The van der Waals surface area contributed by atoms with Crippen molar-refractivity contribution in [3.8, 4) is 0 Å². The van der Waals surface area contributed by atoms with Crippen LogP contribution in [0.2, 0.25) is 0 Å². The zero-order valence-corrected chi connectivity index (χ0v) is 18.0. The van der Waals surface area contributed by atoms with Gasteiger partial charge in [0.1, 0.15) is 0 Å². The van der Waals surface area contributed by atoms with Crippen LogP contribution >= 0.6 is 0 Å². The lowest BCUT2D eigenvalue weighted by atomic mass is 9.82. The highest BCUT2D eigenvalue weighted by Gasteiger charge is 2.37. The molecule has 0 aromatic heterocycles. The quantitative estimate of drug-likeness (QED) is 0.443. The van der Waals surface area contributed by atoms with Gasteiger partial charge in [0.05, 0.1) is 5.66 Å². The molecular weight excluding hydrogens is 338 g/mol. The number of hydrogen-bond acceptors (Lipinski definition) is 5. The fraction of sp³-hybridized carbons (Fsp3) is 0.857. The first-order valence-electron chi connectivity index (χ1n) is 10.7. The molecule has 1 heterocycles. The van der Waals surface area contributed by atoms with E-state index in [0.717, 1.165) is 24.8 Å². The average molecular weight is 382 g/mol. The van der Waals surface area contributed by atoms with Crippen molar-refractivity contribution in [3.63, 3.8) is 0 Å². The number of rotatable bonds is 4. The monoisotopic (exact) mass is 381 g/mol. The molecule has 0 bridgehead atoms. The Hall–Kier alpha value is -1.11. The standard InChI is InChI=1S/C16H30N2.C4H8N2O.CH5N/c1-4-14(3)18-11-10-16(17-13(2)12-18)15-8-6-5-7-9-15;5-4(1-2-4)6-3-7;1-2/h4,13,15-17H,5-12H2,1-3H3;3H,1-2,5H2,(H,6,7);2H2,1H3/b14-4+;;. The molecule has 3 rings (SSSR count). The molecule has 3 fully saturated rings. The van der Waals surface area contributed by atoms with Crippen molar-refractivity contribution in [1.29, 1.82) is 0 Å². The van der Waals surface area contributed by atoms with Gasteiger partial charge in [-0.25, -0.2) is 0 Å². The van der Waals surface area contributed by atoms with Crippen LogP contribution in [0.25, 0.3) is 0 Å². The van der Waals surface area contributed by atoms with Crippen molar-refractivity contribution in [2.24, 2.45) is 17.4 Å². The van der Waals surface area contributed by atoms with Gasteiger partial charge < -0.3 is 27.0 Å². The molecule has 0 spiro atoms. The van der Waals surface area contributed by atoms with Gasteiger partial charge in [-0.15, -0.1) is 0 Å². The first-order valence-corrected chi connectivity index (χ1v) is 10.7. The average Bonchev–Trinajstić information content (AvgIpc) is 3.46. The Morgan fingerprint density at radius 3 is 2.30 bits per heavy atom. The largest absolute Gasteiger partial charge is 0.374 e. The molecule has 6 nitrogen and oxygen atoms in total. The molecule has 27 heavy (non-hydrogen) atoms. The number of amides is 1. The number of nitrogens with zero attached hydrogens (tertiary/aromatic N) is 1. The van der Waals surface area contributed by atoms with E-state index >= 15 is 0 Å². The van der Waals surface area contributed by atoms with Gasteiger partial charge in [-0.05, 0) is 65.8 Å². The first kappa shape index (κ1) is 23.9. The summed E-state index contributed by atoms with van der Waals surface area (Å²) in [6.45, 7) is 9.13. The van der Waals surface area contributed by atoms with Crippen LogP contribution < -0.4 is 22.1 Å². The van der Waals surface area contributed by atoms with Crippen LogP contribution in [0.15, 0.2) is 11.8 Å². The zero-order valence-electron chi connectivity index (χ0n) is 18.0. The van der Waals surface area contributed by atoms with E-state index in [1.54, 1.807) is 0 Å². The van der Waals surface area contributed by atoms with Crippen LogP contribution in [0.3, 0.4) is 0 Å². The summed E-state index contributed by atoms with van der Waals surface area (Å²) < 4.78 is 0. The van der Waals surface area contributed by atoms with Crippen molar-refractivity contribution < 1.29 is 4.79 Å². The molecule has 2 atom stereocenters. The number of allylic oxidation sites excluding steroid dienone is 2. The lowest BCUT2D eigenvalue weighted by Gasteiger charge is -2.31. The second-order valence-corrected chi connectivity index (χ2v) is 8.16. The van der Waals surface area contributed by atoms with Gasteiger partial charge >= 0.3 is 0 Å². The summed E-state index contributed by atoms with van der Waals surface area (Å²) in [6, 6.07) is 1.38. The van der Waals surface area contributed by atoms with Gasteiger partial charge in [0.25, 0.3) is 0 Å². The number of carbonyl (C=O) groups excluding carboxylic acids is 1. The molecular formula is C21H43N5O. The van der Waals surface area contributed by atoms with Crippen LogP contribution in [0.5, 0.6) is 0 Å². The van der Waals surface area contributed by atoms with E-state index in [0.29, 0.717) is 12.5 Å². The van der Waals surface area contributed by atoms with Gasteiger partial charge in [-0.3, -0.25) is 4.79 Å². The van der Waals surface area contributed by atoms with Gasteiger partial charge in [0.15, 0.2) is 0 Å². The molecule has 0 aromatic carbocycles. The Bertz CT molecular complexity index is 444. The van der Waals surface area contributed by atoms with Gasteiger partial charge in [0.2, 0.25) is 6.41 Å². The predicted molar refractivity (Wildman–Crippen MR) is 114 cm³/mol. The van der Waals surface area contributed by atoms with Crippen molar-refractivity contribution in [2.75, 3.05) is 20.1 Å². The summed E-state index contributed by atoms with van der Waals surface area (Å²) in [5, 5.41) is 6.38. The Kier molecular flexibility index (Phi) is 11.0. The summed E-state index contributed by atoms with van der Waals surface area (Å²) >= 11 is 0. The van der Waals surface area contributed by atoms with Gasteiger partial charge in [-0.2, -0.15) is 0 Å². The maximum atomic E-state index is 9.67. The SMILES string of the molecule is C/C=C(\C)N1CCC(C2CCCCC2)NC(C)C1.CN.NC1(NC=O)CC1. The molecule has 158 valence electrons. The Morgan fingerprint density at radius 2 is 1.81 bits per heavy atom. The minimum atomic E-state index is -0.318. The molecule has 1 saturated heterocycles. The van der Waals surface area contributed by atoms with Crippen molar-refractivity contribution in [3.05, 3.63) is 11.8 Å². The number of nitrogens with two attached hydrogens (primary N) is 2. The maximum absolute atomic E-state index is 9.67. The number of hydrogen-bond donors (Lipinski definition) is 4. The van der Waals surface area contributed by atoms with E-state index in [4.69, 9.17) is 5.73 Å². The lowest BCUT2D eigenvalue weighted by Crippen LogP contribution is -2.42. The molecule has 6 N–H and O–H groups in total. The highest BCUT2D eigenvalue weighted by Crippen LogP contribution is 2.29. The Labute approximate surface area is 166 Å². The van der Waals surface area contributed by atoms with E-state index in [1.807, 2.05) is 0 Å². The van der Waals surface area contributed by atoms with Crippen LogP contribution in [0.1, 0.15) is 72.1 Å².